The average Bonchev–Trinajstić information content (AvgIpc) is 4.13. The number of likely N-dealkylation sites (N-methyl/N-ethyl adjacent to an activating group) is 1. The van der Waals surface area contributed by atoms with Crippen LogP contribution >= 0.6 is 37.2 Å². The number of rotatable bonds is 21. The predicted molar refractivity (Wildman–Crippen MR) is 256 cm³/mol. The minimum Gasteiger partial charge on any atom is -0.455 e. The van der Waals surface area contributed by atoms with Gasteiger partial charge in [0.05, 0.1) is 19.5 Å². The Labute approximate surface area is 422 Å². The van der Waals surface area contributed by atoms with E-state index in [-0.39, 0.29) is 52.2 Å². The summed E-state index contributed by atoms with van der Waals surface area (Å²) in [4.78, 5) is 91.6. The van der Waals surface area contributed by atoms with Crippen molar-refractivity contribution >= 4 is 77.8 Å². The van der Waals surface area contributed by atoms with Crippen LogP contribution in [0.3, 0.4) is 0 Å². The van der Waals surface area contributed by atoms with Crippen molar-refractivity contribution in [3.63, 3.8) is 0 Å². The van der Waals surface area contributed by atoms with Gasteiger partial charge in [-0.15, -0.1) is 0 Å². The monoisotopic (exact) mass is 1100 g/mol. The van der Waals surface area contributed by atoms with Gasteiger partial charge in [-0.3, -0.25) is 27.6 Å². The first kappa shape index (κ1) is 55.8. The molecule has 73 heavy (non-hydrogen) atoms. The molecule has 11 atom stereocenters. The highest BCUT2D eigenvalue weighted by molar-refractivity contribution is 8.77. The molecule has 34 heteroatoms. The minimum absolute atomic E-state index is 0.0240. The van der Waals surface area contributed by atoms with Gasteiger partial charge >= 0.3 is 33.4 Å². The van der Waals surface area contributed by atoms with Crippen LogP contribution in [0.4, 0.5) is 22.1 Å². The van der Waals surface area contributed by atoms with Gasteiger partial charge in [-0.2, -0.15) is 4.98 Å². The number of nitrogens with zero attached hydrogens (tertiary/aromatic N) is 10. The summed E-state index contributed by atoms with van der Waals surface area (Å²) in [7, 11) is -6.78. The largest absolute Gasteiger partial charge is 0.472 e. The van der Waals surface area contributed by atoms with Crippen molar-refractivity contribution in [3.8, 4) is 0 Å². The number of hydrogen-bond donors (Lipinski definition) is 6. The van der Waals surface area contributed by atoms with Crippen LogP contribution in [0.5, 0.6) is 0 Å². The molecule has 8 N–H and O–H groups in total. The molecule has 1 amide bonds. The number of nitrogen functional groups attached to an aromatic ring is 2. The molecule has 3 fully saturated rings. The van der Waals surface area contributed by atoms with Gasteiger partial charge < -0.3 is 59.7 Å². The first-order valence-corrected chi connectivity index (χ1v) is 27.3. The van der Waals surface area contributed by atoms with E-state index in [0.29, 0.717) is 18.4 Å². The van der Waals surface area contributed by atoms with Crippen LogP contribution < -0.4 is 17.2 Å². The second kappa shape index (κ2) is 23.7. The third-order valence-electron chi connectivity index (χ3n) is 11.0. The normalized spacial score (nSPS) is 25.5. The molecular formula is C39H52N12O18P2S2. The molecule has 30 nitrogen and oxygen atoms in total. The zero-order chi connectivity index (χ0) is 52.8. The number of nitrogens with two attached hydrogens (primary N) is 2. The summed E-state index contributed by atoms with van der Waals surface area (Å²) < 4.78 is 79.1. The lowest BCUT2D eigenvalue weighted by atomic mass is 10.1. The molecular weight excluding hydrogens is 1050 g/mol. The van der Waals surface area contributed by atoms with Gasteiger partial charge in [-0.05, 0) is 23.6 Å². The lowest BCUT2D eigenvalue weighted by Gasteiger charge is -2.30. The fourth-order valence-electron chi connectivity index (χ4n) is 7.57. The first-order chi connectivity index (χ1) is 34.5. The van der Waals surface area contributed by atoms with Crippen molar-refractivity contribution in [2.45, 2.75) is 106 Å². The molecule has 0 spiro atoms. The van der Waals surface area contributed by atoms with Crippen molar-refractivity contribution in [2.24, 2.45) is 5.11 Å². The van der Waals surface area contributed by atoms with Crippen LogP contribution in [0.1, 0.15) is 51.6 Å². The maximum absolute atomic E-state index is 14.4. The Morgan fingerprint density at radius 3 is 2.45 bits per heavy atom. The second-order valence-electron chi connectivity index (χ2n) is 17.3. The zero-order valence-corrected chi connectivity index (χ0v) is 42.6. The van der Waals surface area contributed by atoms with Gasteiger partial charge in [0.2, 0.25) is 0 Å². The SMILES string of the molecule is CN(C(=O)OCc1ccccc1N=[N+]=[N-])[C@@H](CSSC(C)(C)C)C(=O)O[C@H]1[C@@H](O)[C@H](n2cnc3c(N)ncnc32)O[C@@H]1COP(=O)(O)O[C@H]1[C@@H](OC2CCCO2)[C@H](n2ccc(N)nc2=O)O[C@@H]1COP(=O)(O)O. The molecule has 2 unspecified atom stereocenters. The smallest absolute Gasteiger partial charge is 0.455 e. The summed E-state index contributed by atoms with van der Waals surface area (Å²) >= 11 is 0. The van der Waals surface area contributed by atoms with Gasteiger partial charge in [-0.25, -0.2) is 38.5 Å². The number of aliphatic hydroxyl groups is 1. The predicted octanol–water partition coefficient (Wildman–Crippen LogP) is 3.21. The number of aliphatic hydroxyl groups excluding tert-OH is 1. The highest BCUT2D eigenvalue weighted by Crippen LogP contribution is 2.51. The van der Waals surface area contributed by atoms with E-state index in [9.17, 15) is 43.3 Å². The van der Waals surface area contributed by atoms with Crippen LogP contribution in [-0.2, 0) is 62.5 Å². The summed E-state index contributed by atoms with van der Waals surface area (Å²) in [6, 6.07) is 6.21. The van der Waals surface area contributed by atoms with Gasteiger partial charge in [0, 0.05) is 47.4 Å². The van der Waals surface area contributed by atoms with E-state index in [1.807, 2.05) is 20.8 Å². The molecule has 0 aliphatic carbocycles. The first-order valence-electron chi connectivity index (χ1n) is 22.0. The number of phosphoric ester groups is 2. The Morgan fingerprint density at radius 2 is 1.75 bits per heavy atom. The maximum atomic E-state index is 14.4. The van der Waals surface area contributed by atoms with Gasteiger partial charge in [-0.1, -0.05) is 71.7 Å². The van der Waals surface area contributed by atoms with Crippen molar-refractivity contribution < 1.29 is 80.5 Å². The Morgan fingerprint density at radius 1 is 1.03 bits per heavy atom. The van der Waals surface area contributed by atoms with E-state index in [2.05, 4.69) is 30.0 Å². The molecule has 1 aromatic carbocycles. The lowest BCUT2D eigenvalue weighted by molar-refractivity contribution is -0.181. The number of phosphoric acid groups is 2. The number of benzene rings is 1. The number of fused-ring (bicyclic) bond motifs is 1. The third-order valence-corrected chi connectivity index (χ3v) is 15.8. The average molecular weight is 1100 g/mol. The maximum Gasteiger partial charge on any atom is 0.472 e. The number of imidazole rings is 1. The highest BCUT2D eigenvalue weighted by atomic mass is 33.1. The molecule has 7 rings (SSSR count). The van der Waals surface area contributed by atoms with Crippen LogP contribution in [0.15, 0.2) is 59.1 Å². The number of esters is 1. The standard InChI is InChI=1S/C39H52N12O18P2S2/c1-39(2,3)73-72-17-22(49(4)38(55)62-14-20-8-5-6-9-21(20)47-48-42)36(53)68-29-23(65-34(28(29)52)51-19-45-27-32(41)43-18-44-33(27)51)16-64-71(59,60)69-30-24(15-63-70(56,57)58)66-35(31(30)67-26-10-7-13-61-26)50-12-11-25(40)46-37(50)54/h5-6,8-9,11-12,18-19,22-24,26,28-31,34-35,52H,7,10,13-17H2,1-4H3,(H,59,60)(H2,40,46,54)(H2,41,43,44)(H2,56,57,58)/t22-,23+,24+,26?,28+,29+,30+,31+,34+,35+/m0/s1. The molecule has 0 radical (unpaired) electrons. The van der Waals surface area contributed by atoms with E-state index in [4.69, 9.17) is 59.0 Å². The molecule has 4 aromatic rings. The third kappa shape index (κ3) is 14.2. The Balaban J connectivity index is 1.16. The molecule has 3 aromatic heterocycles. The summed E-state index contributed by atoms with van der Waals surface area (Å²) in [5.74, 6) is -1.34. The molecule has 3 aliphatic heterocycles. The second-order valence-corrected chi connectivity index (χ2v) is 23.1. The van der Waals surface area contributed by atoms with Crippen molar-refractivity contribution in [2.75, 3.05) is 44.1 Å². The van der Waals surface area contributed by atoms with E-state index in [0.717, 1.165) is 15.8 Å². The highest BCUT2D eigenvalue weighted by Gasteiger charge is 2.54. The van der Waals surface area contributed by atoms with E-state index in [1.165, 1.54) is 57.9 Å². The topological polar surface area (TPSA) is 415 Å². The number of anilines is 2. The van der Waals surface area contributed by atoms with Gasteiger partial charge in [0.1, 0.15) is 60.8 Å². The van der Waals surface area contributed by atoms with Gasteiger partial charge in [0.25, 0.3) is 0 Å². The quantitative estimate of drug-likeness (QED) is 0.0174. The van der Waals surface area contributed by atoms with Crippen molar-refractivity contribution in [1.29, 1.82) is 0 Å². The van der Waals surface area contributed by atoms with Gasteiger partial charge in [0.15, 0.2) is 36.3 Å². The molecule has 0 saturated carbocycles. The van der Waals surface area contributed by atoms with E-state index < -0.39 is 108 Å². The number of carbonyl (C=O) groups is 2. The molecule has 3 saturated heterocycles. The summed E-state index contributed by atoms with van der Waals surface area (Å²) in [5, 5.41) is 15.6. The van der Waals surface area contributed by atoms with E-state index in [1.54, 1.807) is 18.2 Å². The van der Waals surface area contributed by atoms with Crippen molar-refractivity contribution in [3.05, 3.63) is 75.7 Å². The fraction of sp³-hybridized carbons (Fsp3) is 0.564. The molecule has 0 bridgehead atoms. The lowest BCUT2D eigenvalue weighted by Crippen LogP contribution is -2.48. The molecule has 6 heterocycles. The zero-order valence-electron chi connectivity index (χ0n) is 39.2. The van der Waals surface area contributed by atoms with Crippen LogP contribution in [0.2, 0.25) is 0 Å². The molecule has 3 aliphatic rings. The number of hydrogen-bond acceptors (Lipinski definition) is 24. The van der Waals surface area contributed by atoms with Crippen molar-refractivity contribution in [1.82, 2.24) is 34.0 Å². The fourth-order valence-corrected chi connectivity index (χ4v) is 11.4. The number of ether oxygens (including phenoxy) is 6. The van der Waals surface area contributed by atoms with E-state index >= 15 is 0 Å². The number of aromatic nitrogens is 6. The minimum atomic E-state index is -5.48. The number of amides is 1. The van der Waals surface area contributed by atoms with Crippen LogP contribution in [-0.4, -0.2) is 152 Å². The summed E-state index contributed by atoms with van der Waals surface area (Å²) in [6.07, 6.45) is -10.8. The Hall–Kier alpha value is -4.98. The Bertz CT molecular complexity index is 2810. The van der Waals surface area contributed by atoms with Crippen LogP contribution in [0.25, 0.3) is 21.6 Å². The number of carbonyl (C=O) groups excluding carboxylic acids is 2. The Kier molecular flexibility index (Phi) is 18.1. The summed E-state index contributed by atoms with van der Waals surface area (Å²) in [5.41, 5.74) is 20.5. The van der Waals surface area contributed by atoms with Crippen LogP contribution in [0, 0.1) is 0 Å². The summed E-state index contributed by atoms with van der Waals surface area (Å²) in [6.45, 7) is 3.76. The number of azide groups is 1. The molecule has 398 valence electrons.